The molecule has 2 aromatic heterocycles. The maximum atomic E-state index is 12.8. The van der Waals surface area contributed by atoms with Crippen molar-refractivity contribution < 1.29 is 24.2 Å². The number of nitrogens with one attached hydrogen (secondary N) is 2. The quantitative estimate of drug-likeness (QED) is 0.409. The van der Waals surface area contributed by atoms with Crippen LogP contribution in [0.4, 0.5) is 21.4 Å². The molecule has 13 heteroatoms. The number of amides is 3. The van der Waals surface area contributed by atoms with Crippen molar-refractivity contribution in [2.24, 2.45) is 5.41 Å². The fourth-order valence-corrected chi connectivity index (χ4v) is 5.58. The topological polar surface area (TPSA) is 142 Å². The largest absolute Gasteiger partial charge is 0.508 e. The van der Waals surface area contributed by atoms with Crippen LogP contribution in [0.25, 0.3) is 0 Å². The number of phenolic OH excluding ortho intramolecular Hbond substituents is 1. The highest BCUT2D eigenvalue weighted by molar-refractivity contribution is 7.17. The third kappa shape index (κ3) is 5.74. The van der Waals surface area contributed by atoms with Gasteiger partial charge in [-0.3, -0.25) is 14.3 Å². The molecule has 0 radical (unpaired) electrons. The summed E-state index contributed by atoms with van der Waals surface area (Å²) in [5, 5.41) is 20.8. The third-order valence-electron chi connectivity index (χ3n) is 6.90. The van der Waals surface area contributed by atoms with Gasteiger partial charge in [0, 0.05) is 49.4 Å². The molecule has 0 saturated carbocycles. The molecule has 0 aliphatic carbocycles. The number of aromatic nitrogens is 3. The van der Waals surface area contributed by atoms with Gasteiger partial charge in [-0.05, 0) is 46.2 Å². The summed E-state index contributed by atoms with van der Waals surface area (Å²) in [6.07, 6.45) is 2.87. The summed E-state index contributed by atoms with van der Waals surface area (Å²) >= 11 is 1.17. The minimum Gasteiger partial charge on any atom is -0.508 e. The van der Waals surface area contributed by atoms with Crippen LogP contribution < -0.4 is 10.6 Å². The molecule has 212 valence electrons. The predicted octanol–water partition coefficient (Wildman–Crippen LogP) is 3.74. The molecular weight excluding hydrogens is 534 g/mol. The Kier molecular flexibility index (Phi) is 6.94. The highest BCUT2D eigenvalue weighted by atomic mass is 32.1. The molecule has 40 heavy (non-hydrogen) atoms. The van der Waals surface area contributed by atoms with Crippen LogP contribution in [-0.4, -0.2) is 79.4 Å². The normalized spacial score (nSPS) is 15.8. The zero-order chi connectivity index (χ0) is 28.8. The van der Waals surface area contributed by atoms with Gasteiger partial charge >= 0.3 is 6.09 Å². The van der Waals surface area contributed by atoms with Crippen LogP contribution in [0, 0.1) is 19.3 Å². The minimum absolute atomic E-state index is 0.0312. The summed E-state index contributed by atoms with van der Waals surface area (Å²) in [5.74, 6) is 0.247. The number of hydrogen-bond acceptors (Lipinski definition) is 9. The minimum atomic E-state index is -0.526. The molecule has 2 aliphatic rings. The first-order chi connectivity index (χ1) is 18.8. The van der Waals surface area contributed by atoms with E-state index in [0.29, 0.717) is 53.3 Å². The van der Waals surface area contributed by atoms with Gasteiger partial charge in [-0.15, -0.1) is 0 Å². The number of thiazole rings is 1. The van der Waals surface area contributed by atoms with Crippen molar-refractivity contribution >= 4 is 45.9 Å². The second-order valence-electron chi connectivity index (χ2n) is 11.5. The molecule has 1 spiro atoms. The number of likely N-dealkylation sites (tertiary alicyclic amines) is 2. The number of phenols is 1. The lowest BCUT2D eigenvalue weighted by molar-refractivity contribution is -0.157. The molecule has 2 saturated heterocycles. The number of rotatable bonds is 6. The maximum absolute atomic E-state index is 12.8. The fourth-order valence-electron chi connectivity index (χ4n) is 4.86. The van der Waals surface area contributed by atoms with Gasteiger partial charge in [0.2, 0.25) is 5.91 Å². The van der Waals surface area contributed by atoms with Crippen LogP contribution in [-0.2, 0) is 16.1 Å². The average molecular weight is 568 g/mol. The summed E-state index contributed by atoms with van der Waals surface area (Å²) in [5.41, 5.74) is 1.45. The monoisotopic (exact) mass is 567 g/mol. The van der Waals surface area contributed by atoms with E-state index in [4.69, 9.17) is 4.74 Å². The van der Waals surface area contributed by atoms with Crippen molar-refractivity contribution in [1.82, 2.24) is 24.6 Å². The Morgan fingerprint density at radius 1 is 1.10 bits per heavy atom. The predicted molar refractivity (Wildman–Crippen MR) is 150 cm³/mol. The van der Waals surface area contributed by atoms with E-state index in [-0.39, 0.29) is 35.6 Å². The highest BCUT2D eigenvalue weighted by Crippen LogP contribution is 2.40. The van der Waals surface area contributed by atoms with Crippen LogP contribution in [0.1, 0.15) is 41.6 Å². The van der Waals surface area contributed by atoms with Gasteiger partial charge in [-0.2, -0.15) is 5.10 Å². The Bertz CT molecular complexity index is 1460. The number of carbonyl (C=O) groups is 3. The lowest BCUT2D eigenvalue weighted by atomic mass is 9.73. The molecule has 0 bridgehead atoms. The molecule has 2 fully saturated rings. The molecule has 0 unspecified atom stereocenters. The molecule has 3 N–H and O–H groups in total. The number of hydrogen-bond donors (Lipinski definition) is 3. The third-order valence-corrected chi connectivity index (χ3v) is 7.81. The molecule has 12 nitrogen and oxygen atoms in total. The van der Waals surface area contributed by atoms with Crippen LogP contribution in [0.3, 0.4) is 0 Å². The van der Waals surface area contributed by atoms with Gasteiger partial charge in [0.25, 0.3) is 5.91 Å². The van der Waals surface area contributed by atoms with Gasteiger partial charge in [0.1, 0.15) is 22.8 Å². The van der Waals surface area contributed by atoms with Gasteiger partial charge in [0.15, 0.2) is 10.9 Å². The maximum Gasteiger partial charge on any atom is 0.410 e. The first-order valence-electron chi connectivity index (χ1n) is 12.9. The van der Waals surface area contributed by atoms with Crippen molar-refractivity contribution in [3.05, 3.63) is 46.6 Å². The summed E-state index contributed by atoms with van der Waals surface area (Å²) < 4.78 is 6.96. The van der Waals surface area contributed by atoms with Gasteiger partial charge in [-0.1, -0.05) is 17.4 Å². The average Bonchev–Trinajstić information content (AvgIpc) is 3.46. The summed E-state index contributed by atoms with van der Waals surface area (Å²) in [6, 6.07) is 5.07. The van der Waals surface area contributed by atoms with E-state index in [1.165, 1.54) is 17.5 Å². The Morgan fingerprint density at radius 2 is 1.80 bits per heavy atom. The molecule has 3 amide bonds. The number of carbonyl (C=O) groups excluding carboxylic acids is 3. The lowest BCUT2D eigenvalue weighted by Crippen LogP contribution is -2.74. The van der Waals surface area contributed by atoms with E-state index < -0.39 is 5.60 Å². The lowest BCUT2D eigenvalue weighted by Gasteiger charge is -2.59. The number of nitrogens with zero attached hydrogens (tertiary/aromatic N) is 5. The van der Waals surface area contributed by atoms with Crippen LogP contribution in [0.5, 0.6) is 5.75 Å². The van der Waals surface area contributed by atoms with Crippen LogP contribution in [0.15, 0.2) is 30.6 Å². The summed E-state index contributed by atoms with van der Waals surface area (Å²) in [7, 11) is 0. The number of benzene rings is 1. The highest BCUT2D eigenvalue weighted by Gasteiger charge is 2.55. The summed E-state index contributed by atoms with van der Waals surface area (Å²) in [4.78, 5) is 45.8. The van der Waals surface area contributed by atoms with Crippen molar-refractivity contribution in [2.75, 3.05) is 36.8 Å². The second kappa shape index (κ2) is 10.1. The SMILES string of the molecule is Cc1ccc(O)c(C)c1NC(=O)c1cnc(Nc2ccn(CC(=O)N3CC4(C3)CN(C(=O)OC(C)(C)C)C4)n2)s1. The Labute approximate surface area is 235 Å². The van der Waals surface area contributed by atoms with E-state index in [1.807, 2.05) is 27.7 Å². The van der Waals surface area contributed by atoms with Crippen LogP contribution >= 0.6 is 11.3 Å². The fraction of sp³-hybridized carbons (Fsp3) is 0.444. The standard InChI is InChI=1S/C27H33N7O5S/c1-16-6-7-18(35)17(2)22(16)30-23(37)19-10-28-24(40-19)29-20-8-9-34(31-20)11-21(36)32-12-27(13-32)14-33(15-27)25(38)39-26(3,4)5/h6-10,35H,11-15H2,1-5H3,(H,30,37)(H,28,29,31). The molecule has 4 heterocycles. The van der Waals surface area contributed by atoms with E-state index in [2.05, 4.69) is 20.7 Å². The van der Waals surface area contributed by atoms with E-state index in [0.717, 1.165) is 5.56 Å². The van der Waals surface area contributed by atoms with Crippen molar-refractivity contribution in [3.63, 3.8) is 0 Å². The number of aryl methyl sites for hydroxylation is 1. The number of aromatic hydroxyl groups is 1. The zero-order valence-electron chi connectivity index (χ0n) is 23.1. The summed E-state index contributed by atoms with van der Waals surface area (Å²) in [6.45, 7) is 11.7. The molecule has 1 aromatic carbocycles. The number of ether oxygens (including phenoxy) is 1. The van der Waals surface area contributed by atoms with Gasteiger partial charge < -0.3 is 30.3 Å². The van der Waals surface area contributed by atoms with Gasteiger partial charge in [0.05, 0.1) is 11.9 Å². The van der Waals surface area contributed by atoms with Crippen molar-refractivity contribution in [3.8, 4) is 5.75 Å². The Balaban J connectivity index is 1.09. The van der Waals surface area contributed by atoms with Gasteiger partial charge in [-0.25, -0.2) is 9.78 Å². The Hall–Kier alpha value is -4.13. The smallest absolute Gasteiger partial charge is 0.410 e. The van der Waals surface area contributed by atoms with E-state index in [1.54, 1.807) is 45.8 Å². The van der Waals surface area contributed by atoms with Crippen molar-refractivity contribution in [1.29, 1.82) is 0 Å². The number of anilines is 3. The molecular formula is C27H33N7O5S. The first-order valence-corrected chi connectivity index (χ1v) is 13.8. The molecule has 3 aromatic rings. The Morgan fingerprint density at radius 3 is 2.50 bits per heavy atom. The first kappa shape index (κ1) is 27.4. The molecule has 2 aliphatic heterocycles. The zero-order valence-corrected chi connectivity index (χ0v) is 24.0. The van der Waals surface area contributed by atoms with E-state index in [9.17, 15) is 19.5 Å². The van der Waals surface area contributed by atoms with Crippen molar-refractivity contribution in [2.45, 2.75) is 46.8 Å². The molecule has 5 rings (SSSR count). The van der Waals surface area contributed by atoms with E-state index >= 15 is 0 Å². The molecule has 0 atom stereocenters. The second-order valence-corrected chi connectivity index (χ2v) is 12.5. The van der Waals surface area contributed by atoms with Crippen LogP contribution in [0.2, 0.25) is 0 Å².